The lowest BCUT2D eigenvalue weighted by Crippen LogP contribution is -2.21. The highest BCUT2D eigenvalue weighted by molar-refractivity contribution is 5.79. The molecule has 2 nitrogen and oxygen atoms in total. The molecule has 3 aromatic rings. The van der Waals surface area contributed by atoms with Crippen LogP contribution < -0.4 is 9.80 Å². The van der Waals surface area contributed by atoms with Crippen molar-refractivity contribution in [2.45, 2.75) is 27.7 Å². The third kappa shape index (κ3) is 6.13. The highest BCUT2D eigenvalue weighted by Gasteiger charge is 2.02. The van der Waals surface area contributed by atoms with Gasteiger partial charge in [-0.1, -0.05) is 72.8 Å². The molecule has 0 unspecified atom stereocenters. The predicted molar refractivity (Wildman–Crippen MR) is 144 cm³/mol. The maximum atomic E-state index is 2.36. The van der Waals surface area contributed by atoms with Crippen molar-refractivity contribution >= 4 is 35.7 Å². The second-order valence-corrected chi connectivity index (χ2v) is 7.82. The normalized spacial score (nSPS) is 11.4. The first-order chi connectivity index (χ1) is 15.7. The molecule has 0 aliphatic carbocycles. The topological polar surface area (TPSA) is 6.48 Å². The summed E-state index contributed by atoms with van der Waals surface area (Å²) in [7, 11) is 0. The molecule has 0 atom stereocenters. The fourth-order valence-electron chi connectivity index (χ4n) is 3.96. The van der Waals surface area contributed by atoms with Gasteiger partial charge in [0.1, 0.15) is 0 Å². The van der Waals surface area contributed by atoms with Gasteiger partial charge in [0.2, 0.25) is 0 Å². The summed E-state index contributed by atoms with van der Waals surface area (Å²) < 4.78 is 0. The summed E-state index contributed by atoms with van der Waals surface area (Å²) in [6, 6.07) is 26.1. The number of nitrogens with zero attached hydrogens (tertiary/aromatic N) is 2. The van der Waals surface area contributed by atoms with Crippen LogP contribution in [0.15, 0.2) is 72.8 Å². The summed E-state index contributed by atoms with van der Waals surface area (Å²) in [5, 5.41) is 0. The van der Waals surface area contributed by atoms with E-state index in [2.05, 4.69) is 135 Å². The number of rotatable bonds is 10. The van der Waals surface area contributed by atoms with Crippen LogP contribution in [0.5, 0.6) is 0 Å². The van der Waals surface area contributed by atoms with E-state index in [0.29, 0.717) is 0 Å². The van der Waals surface area contributed by atoms with Gasteiger partial charge in [0.15, 0.2) is 0 Å². The van der Waals surface area contributed by atoms with Crippen molar-refractivity contribution in [1.29, 1.82) is 0 Å². The van der Waals surface area contributed by atoms with E-state index in [9.17, 15) is 0 Å². The summed E-state index contributed by atoms with van der Waals surface area (Å²) >= 11 is 0. The van der Waals surface area contributed by atoms with Crippen molar-refractivity contribution in [2.24, 2.45) is 0 Å². The van der Waals surface area contributed by atoms with Gasteiger partial charge in [-0.25, -0.2) is 0 Å². The highest BCUT2D eigenvalue weighted by Crippen LogP contribution is 2.20. The number of hydrogen-bond acceptors (Lipinski definition) is 2. The Morgan fingerprint density at radius 2 is 0.812 bits per heavy atom. The van der Waals surface area contributed by atoms with E-state index in [0.717, 1.165) is 26.2 Å². The summed E-state index contributed by atoms with van der Waals surface area (Å²) in [4.78, 5) is 4.73. The fourth-order valence-corrected chi connectivity index (χ4v) is 3.96. The Bertz CT molecular complexity index is 921. The van der Waals surface area contributed by atoms with E-state index >= 15 is 0 Å². The molecule has 32 heavy (non-hydrogen) atoms. The van der Waals surface area contributed by atoms with Crippen LogP contribution in [-0.4, -0.2) is 26.2 Å². The third-order valence-electron chi connectivity index (χ3n) is 5.95. The maximum absolute atomic E-state index is 2.36. The molecule has 0 aromatic heterocycles. The van der Waals surface area contributed by atoms with E-state index in [1.807, 2.05) is 0 Å². The Morgan fingerprint density at radius 1 is 0.469 bits per heavy atom. The summed E-state index contributed by atoms with van der Waals surface area (Å²) in [6.45, 7) is 12.9. The summed E-state index contributed by atoms with van der Waals surface area (Å²) in [6.07, 6.45) is 8.79. The first kappa shape index (κ1) is 23.4. The zero-order valence-electron chi connectivity index (χ0n) is 20.0. The van der Waals surface area contributed by atoms with Gasteiger partial charge in [0, 0.05) is 37.6 Å². The Morgan fingerprint density at radius 3 is 1.12 bits per heavy atom. The minimum Gasteiger partial charge on any atom is -0.372 e. The molecule has 0 radical (unpaired) electrons. The quantitative estimate of drug-likeness (QED) is 0.307. The first-order valence-corrected chi connectivity index (χ1v) is 11.8. The smallest absolute Gasteiger partial charge is 0.0366 e. The van der Waals surface area contributed by atoms with Gasteiger partial charge in [-0.3, -0.25) is 0 Å². The van der Waals surface area contributed by atoms with Crippen LogP contribution in [0.3, 0.4) is 0 Å². The molecule has 0 spiro atoms. The van der Waals surface area contributed by atoms with Gasteiger partial charge in [-0.2, -0.15) is 0 Å². The van der Waals surface area contributed by atoms with E-state index in [4.69, 9.17) is 0 Å². The summed E-state index contributed by atoms with van der Waals surface area (Å²) in [5.74, 6) is 0. The molecule has 3 aromatic carbocycles. The second-order valence-electron chi connectivity index (χ2n) is 7.82. The van der Waals surface area contributed by atoms with Crippen LogP contribution in [-0.2, 0) is 0 Å². The molecule has 0 bridgehead atoms. The van der Waals surface area contributed by atoms with Gasteiger partial charge in [0.05, 0.1) is 0 Å². The van der Waals surface area contributed by atoms with E-state index < -0.39 is 0 Å². The lowest BCUT2D eigenvalue weighted by Gasteiger charge is -2.20. The van der Waals surface area contributed by atoms with Crippen molar-refractivity contribution < 1.29 is 0 Å². The largest absolute Gasteiger partial charge is 0.372 e. The molecule has 0 N–H and O–H groups in total. The van der Waals surface area contributed by atoms with Gasteiger partial charge in [0.25, 0.3) is 0 Å². The van der Waals surface area contributed by atoms with E-state index in [1.165, 1.54) is 33.6 Å². The molecule has 0 heterocycles. The predicted octanol–water partition coefficient (Wildman–Crippen LogP) is 7.72. The molecule has 0 aliphatic heterocycles. The Kier molecular flexibility index (Phi) is 8.74. The molecule has 2 heteroatoms. The Labute approximate surface area is 194 Å². The van der Waals surface area contributed by atoms with E-state index in [1.54, 1.807) is 0 Å². The number of anilines is 2. The fraction of sp³-hybridized carbons (Fsp3) is 0.267. The van der Waals surface area contributed by atoms with Gasteiger partial charge >= 0.3 is 0 Å². The van der Waals surface area contributed by atoms with Crippen LogP contribution in [0.4, 0.5) is 11.4 Å². The monoisotopic (exact) mass is 424 g/mol. The molecule has 0 amide bonds. The SMILES string of the molecule is CCN(CC)c1ccc(C=Cc2ccccc2C=Cc2ccc(N(CC)CC)cc2)cc1. The van der Waals surface area contributed by atoms with Crippen LogP contribution >= 0.6 is 0 Å². The minimum absolute atomic E-state index is 1.03. The summed E-state index contributed by atoms with van der Waals surface area (Å²) in [5.41, 5.74) is 7.43. The third-order valence-corrected chi connectivity index (χ3v) is 5.95. The molecule has 0 aliphatic rings. The zero-order chi connectivity index (χ0) is 22.8. The van der Waals surface area contributed by atoms with E-state index in [-0.39, 0.29) is 0 Å². The molecule has 0 saturated carbocycles. The molecule has 3 rings (SSSR count). The van der Waals surface area contributed by atoms with Crippen molar-refractivity contribution in [1.82, 2.24) is 0 Å². The zero-order valence-corrected chi connectivity index (χ0v) is 20.0. The molecular formula is C30H36N2. The Hall–Kier alpha value is -3.26. The number of benzene rings is 3. The van der Waals surface area contributed by atoms with Gasteiger partial charge in [-0.05, 0) is 74.2 Å². The maximum Gasteiger partial charge on any atom is 0.0366 e. The molecule has 166 valence electrons. The minimum atomic E-state index is 1.03. The van der Waals surface area contributed by atoms with Crippen molar-refractivity contribution in [2.75, 3.05) is 36.0 Å². The lowest BCUT2D eigenvalue weighted by molar-refractivity contribution is 0.866. The average molecular weight is 425 g/mol. The Balaban J connectivity index is 1.73. The molecule has 0 fully saturated rings. The van der Waals surface area contributed by atoms with Gasteiger partial charge < -0.3 is 9.80 Å². The van der Waals surface area contributed by atoms with Gasteiger partial charge in [-0.15, -0.1) is 0 Å². The first-order valence-electron chi connectivity index (χ1n) is 11.8. The molecular weight excluding hydrogens is 388 g/mol. The van der Waals surface area contributed by atoms with Crippen LogP contribution in [0, 0.1) is 0 Å². The number of hydrogen-bond donors (Lipinski definition) is 0. The lowest BCUT2D eigenvalue weighted by atomic mass is 10.0. The second kappa shape index (κ2) is 12.0. The standard InChI is InChI=1S/C30H36N2/c1-5-31(6-2)29-21-15-25(16-22-29)13-19-27-11-9-10-12-28(27)20-14-26-17-23-30(24-18-26)32(7-3)8-4/h9-24H,5-8H2,1-4H3. The van der Waals surface area contributed by atoms with Crippen molar-refractivity contribution in [3.8, 4) is 0 Å². The van der Waals surface area contributed by atoms with Crippen LogP contribution in [0.1, 0.15) is 49.9 Å². The van der Waals surface area contributed by atoms with Crippen molar-refractivity contribution in [3.63, 3.8) is 0 Å². The average Bonchev–Trinajstić information content (AvgIpc) is 2.85. The van der Waals surface area contributed by atoms with Crippen LogP contribution in [0.25, 0.3) is 24.3 Å². The van der Waals surface area contributed by atoms with Crippen LogP contribution in [0.2, 0.25) is 0 Å². The highest BCUT2D eigenvalue weighted by atomic mass is 15.1. The van der Waals surface area contributed by atoms with Crippen molar-refractivity contribution in [3.05, 3.63) is 95.1 Å². The molecule has 0 saturated heterocycles.